The number of rotatable bonds is 2. The Balaban J connectivity index is 2.23. The molecule has 0 radical (unpaired) electrons. The van der Waals surface area contributed by atoms with Crippen molar-refractivity contribution in [1.82, 2.24) is 0 Å². The molecule has 0 aliphatic carbocycles. The van der Waals surface area contributed by atoms with Crippen molar-refractivity contribution in [3.05, 3.63) is 34.9 Å². The summed E-state index contributed by atoms with van der Waals surface area (Å²) in [6, 6.07) is 6.15. The van der Waals surface area contributed by atoms with Gasteiger partial charge in [0.1, 0.15) is 0 Å². The van der Waals surface area contributed by atoms with E-state index in [9.17, 15) is 4.79 Å². The molecule has 0 amide bonds. The molecule has 2 rings (SSSR count). The van der Waals surface area contributed by atoms with Crippen LogP contribution in [0.5, 0.6) is 0 Å². The molecule has 1 heterocycles. The summed E-state index contributed by atoms with van der Waals surface area (Å²) in [6.07, 6.45) is 0. The van der Waals surface area contributed by atoms with Gasteiger partial charge in [0, 0.05) is 22.3 Å². The summed E-state index contributed by atoms with van der Waals surface area (Å²) in [5.74, 6) is 2.57. The molecule has 1 aromatic rings. The smallest absolute Gasteiger partial charge is 0.176 e. The Kier molecular flexibility index (Phi) is 4.21. The first-order valence-electron chi connectivity index (χ1n) is 5.93. The van der Waals surface area contributed by atoms with Gasteiger partial charge in [0.25, 0.3) is 0 Å². The quantitative estimate of drug-likeness (QED) is 0.759. The zero-order valence-electron chi connectivity index (χ0n) is 10.5. The van der Waals surface area contributed by atoms with E-state index >= 15 is 0 Å². The van der Waals surface area contributed by atoms with Crippen LogP contribution in [-0.2, 0) is 0 Å². The van der Waals surface area contributed by atoms with Crippen LogP contribution in [0.25, 0.3) is 0 Å². The lowest BCUT2D eigenvalue weighted by Crippen LogP contribution is -2.31. The molecule has 0 bridgehead atoms. The number of hydrogen-bond acceptors (Lipinski definition) is 3. The Bertz CT molecular complexity index is 408. The van der Waals surface area contributed by atoms with Crippen LogP contribution >= 0.6 is 23.5 Å². The molecule has 1 fully saturated rings. The lowest BCUT2D eigenvalue weighted by molar-refractivity contribution is 0.0989. The molecule has 3 heteroatoms. The van der Waals surface area contributed by atoms with Crippen LogP contribution in [0.3, 0.4) is 0 Å². The van der Waals surface area contributed by atoms with Crippen molar-refractivity contribution in [2.75, 3.05) is 11.5 Å². The molecule has 0 spiro atoms. The zero-order chi connectivity index (χ0) is 12.4. The summed E-state index contributed by atoms with van der Waals surface area (Å²) in [5.41, 5.74) is 3.23. The Morgan fingerprint density at radius 1 is 1.12 bits per heavy atom. The number of ketones is 1. The third-order valence-electron chi connectivity index (χ3n) is 2.95. The molecule has 1 aliphatic rings. The average Bonchev–Trinajstić information content (AvgIpc) is 2.27. The third kappa shape index (κ3) is 3.08. The SMILES string of the molecule is Cc1cc(C)cc(C(=O)C2SCCSC2C)c1. The fourth-order valence-corrected chi connectivity index (χ4v) is 4.93. The van der Waals surface area contributed by atoms with Gasteiger partial charge in [0.05, 0.1) is 5.25 Å². The summed E-state index contributed by atoms with van der Waals surface area (Å²) in [4.78, 5) is 12.5. The highest BCUT2D eigenvalue weighted by molar-refractivity contribution is 8.07. The van der Waals surface area contributed by atoms with E-state index in [1.807, 2.05) is 35.7 Å². The number of benzene rings is 1. The summed E-state index contributed by atoms with van der Waals surface area (Å²) < 4.78 is 0. The first-order chi connectivity index (χ1) is 8.08. The molecule has 0 N–H and O–H groups in total. The Morgan fingerprint density at radius 2 is 1.71 bits per heavy atom. The van der Waals surface area contributed by atoms with E-state index in [1.54, 1.807) is 0 Å². The lowest BCUT2D eigenvalue weighted by Gasteiger charge is -2.26. The molecular formula is C14H18OS2. The number of carbonyl (C=O) groups excluding carboxylic acids is 1. The molecule has 1 saturated heterocycles. The minimum Gasteiger partial charge on any atom is -0.293 e. The van der Waals surface area contributed by atoms with E-state index in [4.69, 9.17) is 0 Å². The van der Waals surface area contributed by atoms with Gasteiger partial charge >= 0.3 is 0 Å². The van der Waals surface area contributed by atoms with Crippen molar-refractivity contribution in [3.63, 3.8) is 0 Å². The van der Waals surface area contributed by atoms with E-state index in [0.717, 1.165) is 11.3 Å². The second-order valence-electron chi connectivity index (χ2n) is 4.61. The van der Waals surface area contributed by atoms with Crippen LogP contribution in [0.1, 0.15) is 28.4 Å². The summed E-state index contributed by atoms with van der Waals surface area (Å²) in [7, 11) is 0. The Morgan fingerprint density at radius 3 is 2.29 bits per heavy atom. The summed E-state index contributed by atoms with van der Waals surface area (Å²) in [6.45, 7) is 6.27. The van der Waals surface area contributed by atoms with Gasteiger partial charge < -0.3 is 0 Å². The molecule has 17 heavy (non-hydrogen) atoms. The minimum atomic E-state index is 0.134. The zero-order valence-corrected chi connectivity index (χ0v) is 12.2. The predicted octanol–water partition coefficient (Wildman–Crippen LogP) is 3.72. The molecule has 1 nitrogen and oxygen atoms in total. The van der Waals surface area contributed by atoms with Crippen LogP contribution in [0.4, 0.5) is 0 Å². The van der Waals surface area contributed by atoms with Crippen LogP contribution in [0, 0.1) is 13.8 Å². The van der Waals surface area contributed by atoms with E-state index in [-0.39, 0.29) is 5.25 Å². The lowest BCUT2D eigenvalue weighted by atomic mass is 10.0. The van der Waals surface area contributed by atoms with Gasteiger partial charge in [-0.1, -0.05) is 24.1 Å². The molecule has 1 aromatic carbocycles. The van der Waals surface area contributed by atoms with Crippen LogP contribution in [0.2, 0.25) is 0 Å². The minimum absolute atomic E-state index is 0.134. The highest BCUT2D eigenvalue weighted by atomic mass is 32.2. The maximum atomic E-state index is 12.5. The van der Waals surface area contributed by atoms with Crippen molar-refractivity contribution in [2.24, 2.45) is 0 Å². The molecule has 0 saturated carbocycles. The summed E-state index contributed by atoms with van der Waals surface area (Å²) in [5, 5.41) is 0.567. The van der Waals surface area contributed by atoms with Crippen LogP contribution in [0.15, 0.2) is 18.2 Å². The average molecular weight is 266 g/mol. The largest absolute Gasteiger partial charge is 0.293 e. The maximum Gasteiger partial charge on any atom is 0.176 e. The number of aryl methyl sites for hydroxylation is 2. The summed E-state index contributed by atoms with van der Waals surface area (Å²) >= 11 is 3.73. The van der Waals surface area contributed by atoms with Gasteiger partial charge in [-0.15, -0.1) is 11.8 Å². The third-order valence-corrected chi connectivity index (χ3v) is 6.04. The van der Waals surface area contributed by atoms with E-state index in [2.05, 4.69) is 26.8 Å². The van der Waals surface area contributed by atoms with E-state index in [0.29, 0.717) is 11.0 Å². The standard InChI is InChI=1S/C14H18OS2/c1-9-6-10(2)8-12(7-9)13(15)14-11(3)16-4-5-17-14/h6-8,11,14H,4-5H2,1-3H3. The molecule has 92 valence electrons. The van der Waals surface area contributed by atoms with E-state index < -0.39 is 0 Å². The van der Waals surface area contributed by atoms with Crippen molar-refractivity contribution in [2.45, 2.75) is 31.3 Å². The number of Topliss-reactive ketones (excluding diaryl/α,β-unsaturated/α-hetero) is 1. The first-order valence-corrected chi connectivity index (χ1v) is 8.03. The monoisotopic (exact) mass is 266 g/mol. The topological polar surface area (TPSA) is 17.1 Å². The van der Waals surface area contributed by atoms with Gasteiger partial charge in [0.2, 0.25) is 0 Å². The number of hydrogen-bond donors (Lipinski definition) is 0. The van der Waals surface area contributed by atoms with Gasteiger partial charge in [-0.05, 0) is 26.0 Å². The fourth-order valence-electron chi connectivity index (χ4n) is 2.20. The van der Waals surface area contributed by atoms with Crippen molar-refractivity contribution in [3.8, 4) is 0 Å². The van der Waals surface area contributed by atoms with Crippen molar-refractivity contribution < 1.29 is 4.79 Å². The van der Waals surface area contributed by atoms with Crippen LogP contribution < -0.4 is 0 Å². The normalized spacial score (nSPS) is 24.6. The van der Waals surface area contributed by atoms with E-state index in [1.165, 1.54) is 16.9 Å². The number of thioether (sulfide) groups is 2. The molecule has 1 aliphatic heterocycles. The number of carbonyl (C=O) groups is 1. The highest BCUT2D eigenvalue weighted by Crippen LogP contribution is 2.33. The maximum absolute atomic E-state index is 12.5. The predicted molar refractivity (Wildman–Crippen MR) is 78.4 cm³/mol. The molecule has 2 unspecified atom stereocenters. The first kappa shape index (κ1) is 13.0. The second kappa shape index (κ2) is 5.49. The highest BCUT2D eigenvalue weighted by Gasteiger charge is 2.29. The van der Waals surface area contributed by atoms with Gasteiger partial charge in [0.15, 0.2) is 5.78 Å². The molecule has 0 aromatic heterocycles. The second-order valence-corrected chi connectivity index (χ2v) is 7.34. The van der Waals surface area contributed by atoms with Crippen LogP contribution in [-0.4, -0.2) is 27.8 Å². The Labute approximate surface area is 112 Å². The molecular weight excluding hydrogens is 248 g/mol. The Hall–Kier alpha value is -0.410. The molecule has 2 atom stereocenters. The van der Waals surface area contributed by atoms with Gasteiger partial charge in [-0.2, -0.15) is 11.8 Å². The van der Waals surface area contributed by atoms with Crippen molar-refractivity contribution in [1.29, 1.82) is 0 Å². The van der Waals surface area contributed by atoms with Crippen molar-refractivity contribution >= 4 is 29.3 Å². The fraction of sp³-hybridized carbons (Fsp3) is 0.500. The van der Waals surface area contributed by atoms with Gasteiger partial charge in [-0.25, -0.2) is 0 Å². The van der Waals surface area contributed by atoms with Gasteiger partial charge in [-0.3, -0.25) is 4.79 Å².